The first-order valence-electron chi connectivity index (χ1n) is 5.03. The largest absolute Gasteiger partial charge is 0.375 e. The first-order valence-corrected chi connectivity index (χ1v) is 5.84. The summed E-state index contributed by atoms with van der Waals surface area (Å²) in [5, 5.41) is 3.22. The van der Waals surface area contributed by atoms with Crippen LogP contribution in [0.2, 0.25) is 0 Å². The monoisotopic (exact) mass is 248 g/mol. The number of nitrogen functional groups attached to an aromatic ring is 1. The molecule has 1 amide bonds. The first kappa shape index (κ1) is 11.5. The van der Waals surface area contributed by atoms with E-state index in [4.69, 9.17) is 5.73 Å². The van der Waals surface area contributed by atoms with Crippen LogP contribution in [-0.4, -0.2) is 15.9 Å². The smallest absolute Gasteiger partial charge is 0.267 e. The zero-order chi connectivity index (χ0) is 12.4. The number of nitrogens with two attached hydrogens (primary N) is 1. The van der Waals surface area contributed by atoms with Gasteiger partial charge in [0, 0.05) is 18.1 Å². The number of thiazole rings is 1. The topological polar surface area (TPSA) is 80.9 Å². The maximum atomic E-state index is 12.0. The molecular weight excluding hydrogens is 236 g/mol. The summed E-state index contributed by atoms with van der Waals surface area (Å²) in [6.45, 7) is 3.65. The number of amides is 1. The Bertz CT molecular complexity index is 564. The van der Waals surface area contributed by atoms with E-state index in [1.165, 1.54) is 11.3 Å². The molecule has 2 rings (SSSR count). The van der Waals surface area contributed by atoms with Gasteiger partial charge in [-0.1, -0.05) is 11.3 Å². The number of rotatable bonds is 2. The Morgan fingerprint density at radius 2 is 2.24 bits per heavy atom. The van der Waals surface area contributed by atoms with Gasteiger partial charge in [0.2, 0.25) is 0 Å². The molecule has 3 N–H and O–H groups in total. The predicted molar refractivity (Wildman–Crippen MR) is 68.2 cm³/mol. The van der Waals surface area contributed by atoms with Crippen molar-refractivity contribution in [2.24, 2.45) is 0 Å². The highest BCUT2D eigenvalue weighted by Gasteiger charge is 2.14. The van der Waals surface area contributed by atoms with Gasteiger partial charge in [-0.25, -0.2) is 4.98 Å². The van der Waals surface area contributed by atoms with Crippen LogP contribution < -0.4 is 11.1 Å². The van der Waals surface area contributed by atoms with Crippen LogP contribution >= 0.6 is 11.3 Å². The molecule has 17 heavy (non-hydrogen) atoms. The highest BCUT2D eigenvalue weighted by Crippen LogP contribution is 2.21. The highest BCUT2D eigenvalue weighted by molar-refractivity contribution is 7.17. The van der Waals surface area contributed by atoms with Crippen LogP contribution in [0.3, 0.4) is 0 Å². The van der Waals surface area contributed by atoms with E-state index in [0.29, 0.717) is 15.7 Å². The number of nitrogens with zero attached hydrogens (tertiary/aromatic N) is 2. The predicted octanol–water partition coefficient (Wildman–Crippen LogP) is 1.99. The third-order valence-corrected chi connectivity index (χ3v) is 3.27. The third kappa shape index (κ3) is 2.42. The fourth-order valence-electron chi connectivity index (χ4n) is 1.42. The Morgan fingerprint density at radius 3 is 2.82 bits per heavy atom. The van der Waals surface area contributed by atoms with Crippen LogP contribution in [0, 0.1) is 13.8 Å². The van der Waals surface area contributed by atoms with Gasteiger partial charge in [-0.05, 0) is 25.5 Å². The van der Waals surface area contributed by atoms with E-state index in [2.05, 4.69) is 15.3 Å². The van der Waals surface area contributed by atoms with E-state index in [0.717, 1.165) is 11.3 Å². The van der Waals surface area contributed by atoms with Crippen molar-refractivity contribution in [3.05, 3.63) is 34.6 Å². The molecule has 0 aliphatic heterocycles. The van der Waals surface area contributed by atoms with Crippen molar-refractivity contribution in [1.29, 1.82) is 0 Å². The number of aromatic nitrogens is 2. The lowest BCUT2D eigenvalue weighted by Gasteiger charge is -2.06. The second-order valence-electron chi connectivity index (χ2n) is 3.61. The molecule has 6 heteroatoms. The van der Waals surface area contributed by atoms with Gasteiger partial charge in [-0.2, -0.15) is 0 Å². The molecule has 0 saturated heterocycles. The van der Waals surface area contributed by atoms with Gasteiger partial charge in [0.05, 0.1) is 5.69 Å². The van der Waals surface area contributed by atoms with Crippen molar-refractivity contribution in [3.63, 3.8) is 0 Å². The van der Waals surface area contributed by atoms with Crippen molar-refractivity contribution in [3.8, 4) is 0 Å². The fraction of sp³-hybridized carbons (Fsp3) is 0.182. The standard InChI is InChI=1S/C11H12N4OS/c1-6-5-13-4-3-8(6)15-10(16)9-7(2)14-11(12)17-9/h3-5H,1-2H3,(H2,12,14)(H,13,15,16). The van der Waals surface area contributed by atoms with Crippen LogP contribution in [-0.2, 0) is 0 Å². The van der Waals surface area contributed by atoms with Crippen molar-refractivity contribution >= 4 is 28.1 Å². The maximum absolute atomic E-state index is 12.0. The minimum Gasteiger partial charge on any atom is -0.375 e. The maximum Gasteiger partial charge on any atom is 0.267 e. The van der Waals surface area contributed by atoms with E-state index in [1.807, 2.05) is 6.92 Å². The summed E-state index contributed by atoms with van der Waals surface area (Å²) in [7, 11) is 0. The molecule has 0 aliphatic carbocycles. The zero-order valence-electron chi connectivity index (χ0n) is 9.52. The molecule has 0 aliphatic rings. The normalized spacial score (nSPS) is 10.2. The third-order valence-electron chi connectivity index (χ3n) is 2.29. The molecular formula is C11H12N4OS. The summed E-state index contributed by atoms with van der Waals surface area (Å²) in [5.74, 6) is -0.189. The number of carbonyl (C=O) groups excluding carboxylic acids is 1. The molecule has 88 valence electrons. The second kappa shape index (κ2) is 4.50. The van der Waals surface area contributed by atoms with Crippen molar-refractivity contribution in [1.82, 2.24) is 9.97 Å². The fourth-order valence-corrected chi connectivity index (χ4v) is 2.15. The van der Waals surface area contributed by atoms with Crippen LogP contribution in [0.25, 0.3) is 0 Å². The Labute approximate surface area is 103 Å². The van der Waals surface area contributed by atoms with Crippen molar-refractivity contribution in [2.45, 2.75) is 13.8 Å². The number of carbonyl (C=O) groups is 1. The Hall–Kier alpha value is -1.95. The second-order valence-corrected chi connectivity index (χ2v) is 4.64. The molecule has 0 aromatic carbocycles. The van der Waals surface area contributed by atoms with Crippen molar-refractivity contribution in [2.75, 3.05) is 11.1 Å². The number of hydrogen-bond acceptors (Lipinski definition) is 5. The van der Waals surface area contributed by atoms with E-state index >= 15 is 0 Å². The Balaban J connectivity index is 2.23. The molecule has 2 aromatic heterocycles. The summed E-state index contributed by atoms with van der Waals surface area (Å²) in [6, 6.07) is 1.76. The minimum atomic E-state index is -0.189. The van der Waals surface area contributed by atoms with Gasteiger partial charge in [-0.15, -0.1) is 0 Å². The molecule has 0 unspecified atom stereocenters. The van der Waals surface area contributed by atoms with Crippen LogP contribution in [0.4, 0.5) is 10.8 Å². The quantitative estimate of drug-likeness (QED) is 0.851. The van der Waals surface area contributed by atoms with Gasteiger partial charge in [0.1, 0.15) is 4.88 Å². The molecule has 0 bridgehead atoms. The Morgan fingerprint density at radius 1 is 1.47 bits per heavy atom. The summed E-state index contributed by atoms with van der Waals surface area (Å²) in [6.07, 6.45) is 3.33. The molecule has 0 radical (unpaired) electrons. The number of pyridine rings is 1. The average Bonchev–Trinajstić information content (AvgIpc) is 2.61. The first-order chi connectivity index (χ1) is 8.08. The SMILES string of the molecule is Cc1cnccc1NC(=O)c1sc(N)nc1C. The molecule has 2 heterocycles. The number of aryl methyl sites for hydroxylation is 2. The summed E-state index contributed by atoms with van der Waals surface area (Å²) >= 11 is 1.19. The highest BCUT2D eigenvalue weighted by atomic mass is 32.1. The summed E-state index contributed by atoms with van der Waals surface area (Å²) in [5.41, 5.74) is 7.87. The molecule has 0 atom stereocenters. The van der Waals surface area contributed by atoms with Gasteiger partial charge >= 0.3 is 0 Å². The van der Waals surface area contributed by atoms with Crippen LogP contribution in [0.15, 0.2) is 18.5 Å². The average molecular weight is 248 g/mol. The van der Waals surface area contributed by atoms with Crippen LogP contribution in [0.5, 0.6) is 0 Å². The van der Waals surface area contributed by atoms with Gasteiger partial charge in [-0.3, -0.25) is 9.78 Å². The van der Waals surface area contributed by atoms with Gasteiger partial charge in [0.25, 0.3) is 5.91 Å². The lowest BCUT2D eigenvalue weighted by molar-refractivity contribution is 0.102. The van der Waals surface area contributed by atoms with Gasteiger partial charge in [0.15, 0.2) is 5.13 Å². The van der Waals surface area contributed by atoms with E-state index in [-0.39, 0.29) is 5.91 Å². The molecule has 0 saturated carbocycles. The molecule has 0 fully saturated rings. The van der Waals surface area contributed by atoms with E-state index in [9.17, 15) is 4.79 Å². The Kier molecular flexibility index (Phi) is 3.06. The van der Waals surface area contributed by atoms with E-state index < -0.39 is 0 Å². The number of hydrogen-bond donors (Lipinski definition) is 2. The lowest BCUT2D eigenvalue weighted by atomic mass is 10.2. The number of nitrogens with one attached hydrogen (secondary N) is 1. The lowest BCUT2D eigenvalue weighted by Crippen LogP contribution is -2.12. The number of anilines is 2. The van der Waals surface area contributed by atoms with Gasteiger partial charge < -0.3 is 11.1 Å². The van der Waals surface area contributed by atoms with Crippen molar-refractivity contribution < 1.29 is 4.79 Å². The van der Waals surface area contributed by atoms with Crippen LogP contribution in [0.1, 0.15) is 20.9 Å². The molecule has 5 nitrogen and oxygen atoms in total. The molecule has 2 aromatic rings. The zero-order valence-corrected chi connectivity index (χ0v) is 10.3. The molecule has 0 spiro atoms. The summed E-state index contributed by atoms with van der Waals surface area (Å²) in [4.78, 5) is 20.5. The summed E-state index contributed by atoms with van der Waals surface area (Å²) < 4.78 is 0. The van der Waals surface area contributed by atoms with E-state index in [1.54, 1.807) is 25.4 Å². The minimum absolute atomic E-state index is 0.189.